The van der Waals surface area contributed by atoms with E-state index in [1.165, 1.54) is 16.8 Å². The van der Waals surface area contributed by atoms with Gasteiger partial charge in [0.25, 0.3) is 0 Å². The van der Waals surface area contributed by atoms with Gasteiger partial charge < -0.3 is 4.90 Å². The highest BCUT2D eigenvalue weighted by molar-refractivity contribution is 5.92. The molecule has 4 unspecified atom stereocenters. The third-order valence-corrected chi connectivity index (χ3v) is 5.60. The molecule has 2 aliphatic heterocycles. The Balaban J connectivity index is 1.68. The Morgan fingerprint density at radius 1 is 0.857 bits per heavy atom. The molecule has 1 aliphatic carbocycles. The fourth-order valence-corrected chi connectivity index (χ4v) is 4.87. The molecule has 21 heavy (non-hydrogen) atoms. The van der Waals surface area contributed by atoms with E-state index in [0.717, 1.165) is 12.8 Å². The first-order chi connectivity index (χ1) is 10.3. The van der Waals surface area contributed by atoms with Crippen LogP contribution in [0.25, 0.3) is 0 Å². The molecule has 2 bridgehead atoms. The van der Waals surface area contributed by atoms with Crippen LogP contribution < -0.4 is 4.90 Å². The first-order valence-electron chi connectivity index (χ1n) is 7.79. The maximum absolute atomic E-state index is 12.6. The fraction of sp³-hybridized carbons (Fsp3) is 0.316. The minimum absolute atomic E-state index is 0.0898. The average molecular weight is 275 g/mol. The Kier molecular flexibility index (Phi) is 2.19. The van der Waals surface area contributed by atoms with Gasteiger partial charge in [0.05, 0.1) is 6.04 Å². The number of hydrogen-bond donors (Lipinski definition) is 0. The zero-order valence-electron chi connectivity index (χ0n) is 11.8. The second kappa shape index (κ2) is 3.97. The first-order valence-corrected chi connectivity index (χ1v) is 7.79. The van der Waals surface area contributed by atoms with Crippen LogP contribution in [0.2, 0.25) is 0 Å². The quantitative estimate of drug-likeness (QED) is 0.794. The lowest BCUT2D eigenvalue weighted by Gasteiger charge is -2.39. The van der Waals surface area contributed by atoms with Gasteiger partial charge in [-0.25, -0.2) is 0 Å². The van der Waals surface area contributed by atoms with Gasteiger partial charge >= 0.3 is 0 Å². The summed E-state index contributed by atoms with van der Waals surface area (Å²) in [7, 11) is 0. The second-order valence-corrected chi connectivity index (χ2v) is 6.50. The van der Waals surface area contributed by atoms with E-state index in [9.17, 15) is 4.79 Å². The van der Waals surface area contributed by atoms with Crippen molar-refractivity contribution in [2.75, 3.05) is 4.90 Å². The summed E-state index contributed by atoms with van der Waals surface area (Å²) >= 11 is 0. The fourth-order valence-electron chi connectivity index (χ4n) is 4.87. The minimum atomic E-state index is 0.0898. The molecular weight excluding hydrogens is 258 g/mol. The van der Waals surface area contributed by atoms with Gasteiger partial charge in [0.2, 0.25) is 0 Å². The number of nitrogens with zero attached hydrogens (tertiary/aromatic N) is 1. The van der Waals surface area contributed by atoms with Crippen molar-refractivity contribution in [3.05, 3.63) is 65.7 Å². The Morgan fingerprint density at radius 2 is 1.52 bits per heavy atom. The van der Waals surface area contributed by atoms with E-state index in [1.807, 2.05) is 6.07 Å². The molecule has 3 aliphatic rings. The van der Waals surface area contributed by atoms with E-state index < -0.39 is 0 Å². The molecule has 2 heteroatoms. The van der Waals surface area contributed by atoms with Gasteiger partial charge in [-0.15, -0.1) is 0 Å². The SMILES string of the molecule is O=C1CC2c3ccccc3C3CC1N(c1ccccc1)C23. The third kappa shape index (κ3) is 1.40. The van der Waals surface area contributed by atoms with Crippen LogP contribution in [0.15, 0.2) is 54.6 Å². The normalized spacial score (nSPS) is 32.4. The highest BCUT2D eigenvalue weighted by atomic mass is 16.1. The van der Waals surface area contributed by atoms with E-state index in [-0.39, 0.29) is 6.04 Å². The number of piperidine rings is 1. The summed E-state index contributed by atoms with van der Waals surface area (Å²) in [5, 5.41) is 0. The summed E-state index contributed by atoms with van der Waals surface area (Å²) in [6, 6.07) is 19.8. The molecule has 0 aromatic heterocycles. The largest absolute Gasteiger partial charge is 0.357 e. The lowest BCUT2D eigenvalue weighted by atomic mass is 9.86. The number of rotatable bonds is 1. The molecule has 2 saturated heterocycles. The zero-order valence-corrected chi connectivity index (χ0v) is 11.8. The highest BCUT2D eigenvalue weighted by Gasteiger charge is 2.57. The molecule has 0 amide bonds. The Morgan fingerprint density at radius 3 is 2.29 bits per heavy atom. The lowest BCUT2D eigenvalue weighted by molar-refractivity contribution is -0.121. The molecule has 2 fully saturated rings. The number of para-hydroxylation sites is 1. The topological polar surface area (TPSA) is 20.3 Å². The van der Waals surface area contributed by atoms with E-state index in [0.29, 0.717) is 23.7 Å². The summed E-state index contributed by atoms with van der Waals surface area (Å²) in [5.74, 6) is 1.35. The van der Waals surface area contributed by atoms with Crippen molar-refractivity contribution in [2.45, 2.75) is 36.8 Å². The summed E-state index contributed by atoms with van der Waals surface area (Å²) in [4.78, 5) is 15.0. The van der Waals surface area contributed by atoms with E-state index in [1.54, 1.807) is 0 Å². The highest BCUT2D eigenvalue weighted by Crippen LogP contribution is 2.57. The third-order valence-electron chi connectivity index (χ3n) is 5.60. The van der Waals surface area contributed by atoms with E-state index >= 15 is 0 Å². The van der Waals surface area contributed by atoms with Crippen molar-refractivity contribution in [3.8, 4) is 0 Å². The number of Topliss-reactive ketones (excluding diaryl/α,β-unsaturated/α-hetero) is 1. The van der Waals surface area contributed by atoms with Crippen LogP contribution in [0.5, 0.6) is 0 Å². The van der Waals surface area contributed by atoms with Crippen LogP contribution in [0, 0.1) is 0 Å². The van der Waals surface area contributed by atoms with Gasteiger partial charge in [-0.2, -0.15) is 0 Å². The van der Waals surface area contributed by atoms with Crippen molar-refractivity contribution in [2.24, 2.45) is 0 Å². The molecule has 2 heterocycles. The van der Waals surface area contributed by atoms with Crippen LogP contribution in [0.3, 0.4) is 0 Å². The molecule has 104 valence electrons. The number of hydrogen-bond acceptors (Lipinski definition) is 2. The van der Waals surface area contributed by atoms with Gasteiger partial charge in [-0.05, 0) is 29.7 Å². The Labute approximate surface area is 124 Å². The van der Waals surface area contributed by atoms with Crippen molar-refractivity contribution in [1.29, 1.82) is 0 Å². The molecule has 0 N–H and O–H groups in total. The number of benzene rings is 2. The van der Waals surface area contributed by atoms with Crippen LogP contribution in [-0.2, 0) is 4.79 Å². The maximum atomic E-state index is 12.6. The molecule has 0 spiro atoms. The van der Waals surface area contributed by atoms with Crippen LogP contribution in [0.1, 0.15) is 35.8 Å². The summed E-state index contributed by atoms with van der Waals surface area (Å²) in [6.07, 6.45) is 1.72. The van der Waals surface area contributed by atoms with Crippen molar-refractivity contribution in [3.63, 3.8) is 0 Å². The lowest BCUT2D eigenvalue weighted by Crippen LogP contribution is -2.48. The molecule has 2 nitrogen and oxygen atoms in total. The molecule has 0 radical (unpaired) electrons. The molecule has 2 aromatic carbocycles. The number of carbonyl (C=O) groups is 1. The van der Waals surface area contributed by atoms with E-state index in [2.05, 4.69) is 53.4 Å². The number of ketones is 1. The Hall–Kier alpha value is -2.09. The van der Waals surface area contributed by atoms with E-state index in [4.69, 9.17) is 0 Å². The first kappa shape index (κ1) is 11.6. The van der Waals surface area contributed by atoms with Crippen LogP contribution in [-0.4, -0.2) is 17.9 Å². The van der Waals surface area contributed by atoms with Crippen LogP contribution in [0.4, 0.5) is 5.69 Å². The molecular formula is C19H17NO. The van der Waals surface area contributed by atoms with Crippen molar-refractivity contribution in [1.82, 2.24) is 0 Å². The van der Waals surface area contributed by atoms with Gasteiger partial charge in [0.1, 0.15) is 0 Å². The van der Waals surface area contributed by atoms with Crippen molar-refractivity contribution < 1.29 is 4.79 Å². The number of anilines is 1. The summed E-state index contributed by atoms with van der Waals surface area (Å²) in [5.41, 5.74) is 4.12. The predicted molar refractivity (Wildman–Crippen MR) is 82.7 cm³/mol. The Bertz CT molecular complexity index is 723. The molecule has 0 saturated carbocycles. The summed E-state index contributed by atoms with van der Waals surface area (Å²) in [6.45, 7) is 0. The zero-order chi connectivity index (χ0) is 14.0. The average Bonchev–Trinajstić information content (AvgIpc) is 3.01. The number of fused-ring (bicyclic) bond motifs is 4. The minimum Gasteiger partial charge on any atom is -0.357 e. The molecule has 5 rings (SSSR count). The van der Waals surface area contributed by atoms with Gasteiger partial charge in [0.15, 0.2) is 5.78 Å². The van der Waals surface area contributed by atoms with Crippen molar-refractivity contribution >= 4 is 11.5 Å². The number of carbonyl (C=O) groups excluding carboxylic acids is 1. The smallest absolute Gasteiger partial charge is 0.155 e. The van der Waals surface area contributed by atoms with Gasteiger partial charge in [-0.3, -0.25) is 4.79 Å². The monoisotopic (exact) mass is 275 g/mol. The van der Waals surface area contributed by atoms with Gasteiger partial charge in [0, 0.05) is 30.0 Å². The second-order valence-electron chi connectivity index (χ2n) is 6.50. The van der Waals surface area contributed by atoms with Crippen LogP contribution >= 0.6 is 0 Å². The standard InChI is InChI=1S/C19H17NO/c21-18-11-16-14-9-5-4-8-13(14)15-10-17(18)20(19(15)16)12-6-2-1-3-7-12/h1-9,15-17,19H,10-11H2. The molecule has 4 atom stereocenters. The molecule has 2 aromatic rings. The maximum Gasteiger partial charge on any atom is 0.155 e. The predicted octanol–water partition coefficient (Wildman–Crippen LogP) is 3.49. The summed E-state index contributed by atoms with van der Waals surface area (Å²) < 4.78 is 0. The van der Waals surface area contributed by atoms with Gasteiger partial charge in [-0.1, -0.05) is 42.5 Å².